The lowest BCUT2D eigenvalue weighted by Crippen LogP contribution is -2.31. The van der Waals surface area contributed by atoms with Crippen molar-refractivity contribution in [1.82, 2.24) is 15.1 Å². The lowest BCUT2D eigenvalue weighted by Gasteiger charge is -2.20. The molecule has 1 aromatic heterocycles. The fraction of sp³-hybridized carbons (Fsp3) is 0.250. The van der Waals surface area contributed by atoms with Crippen molar-refractivity contribution in [3.8, 4) is 5.75 Å². The van der Waals surface area contributed by atoms with Crippen LogP contribution in [-0.4, -0.2) is 33.3 Å². The summed E-state index contributed by atoms with van der Waals surface area (Å²) in [6.45, 7) is 3.72. The van der Waals surface area contributed by atoms with Gasteiger partial charge in [0.2, 0.25) is 11.0 Å². The summed E-state index contributed by atoms with van der Waals surface area (Å²) in [5, 5.41) is 8.10. The zero-order valence-electron chi connectivity index (χ0n) is 15.6. The Kier molecular flexibility index (Phi) is 7.27. The lowest BCUT2D eigenvalue weighted by molar-refractivity contribution is -0.128. The maximum absolute atomic E-state index is 12.5. The van der Waals surface area contributed by atoms with Crippen LogP contribution in [0.5, 0.6) is 5.75 Å². The minimum Gasteiger partial charge on any atom is -0.489 e. The molecule has 0 saturated heterocycles. The molecule has 0 atom stereocenters. The van der Waals surface area contributed by atoms with Crippen LogP contribution in [0.1, 0.15) is 18.1 Å². The highest BCUT2D eigenvalue weighted by molar-refractivity contribution is 8.01. The molecule has 28 heavy (non-hydrogen) atoms. The Bertz CT molecular complexity index is 885. The second-order valence-corrected chi connectivity index (χ2v) is 8.25. The van der Waals surface area contributed by atoms with Gasteiger partial charge >= 0.3 is 0 Å². The van der Waals surface area contributed by atoms with Crippen molar-refractivity contribution in [3.63, 3.8) is 0 Å². The normalized spacial score (nSPS) is 10.6. The van der Waals surface area contributed by atoms with E-state index in [0.717, 1.165) is 16.9 Å². The zero-order chi connectivity index (χ0) is 19.8. The number of benzene rings is 2. The first-order valence-electron chi connectivity index (χ1n) is 8.89. The van der Waals surface area contributed by atoms with Gasteiger partial charge in [0.15, 0.2) is 4.34 Å². The number of anilines is 1. The van der Waals surface area contributed by atoms with Crippen LogP contribution in [0.2, 0.25) is 0 Å². The number of aromatic nitrogens is 2. The second kappa shape index (κ2) is 10.1. The van der Waals surface area contributed by atoms with E-state index in [0.29, 0.717) is 34.9 Å². The number of nitrogens with zero attached hydrogens (tertiary/aromatic N) is 3. The van der Waals surface area contributed by atoms with Crippen LogP contribution in [0, 0.1) is 0 Å². The highest BCUT2D eigenvalue weighted by Gasteiger charge is 2.14. The van der Waals surface area contributed by atoms with E-state index >= 15 is 0 Å². The van der Waals surface area contributed by atoms with Gasteiger partial charge in [-0.25, -0.2) is 0 Å². The van der Waals surface area contributed by atoms with Crippen molar-refractivity contribution in [3.05, 3.63) is 65.7 Å². The number of carbonyl (C=O) groups excluding carboxylic acids is 1. The highest BCUT2D eigenvalue weighted by Crippen LogP contribution is 2.24. The van der Waals surface area contributed by atoms with Gasteiger partial charge in [-0.2, -0.15) is 0 Å². The number of hydrogen-bond donors (Lipinski definition) is 1. The van der Waals surface area contributed by atoms with Crippen LogP contribution in [0.15, 0.2) is 58.9 Å². The molecule has 0 bridgehead atoms. The number of nitrogen functional groups attached to an aromatic ring is 1. The quantitative estimate of drug-likeness (QED) is 0.536. The van der Waals surface area contributed by atoms with Gasteiger partial charge in [-0.15, -0.1) is 10.2 Å². The van der Waals surface area contributed by atoms with Crippen LogP contribution in [0.25, 0.3) is 0 Å². The summed E-state index contributed by atoms with van der Waals surface area (Å²) < 4.78 is 6.52. The number of thioether (sulfide) groups is 1. The predicted molar refractivity (Wildman–Crippen MR) is 113 cm³/mol. The average Bonchev–Trinajstić information content (AvgIpc) is 3.15. The topological polar surface area (TPSA) is 81.3 Å². The number of rotatable bonds is 9. The molecule has 0 spiro atoms. The molecule has 2 N–H and O–H groups in total. The zero-order valence-corrected chi connectivity index (χ0v) is 17.2. The molecule has 2 aromatic carbocycles. The summed E-state index contributed by atoms with van der Waals surface area (Å²) in [7, 11) is 0. The van der Waals surface area contributed by atoms with E-state index < -0.39 is 0 Å². The van der Waals surface area contributed by atoms with E-state index in [1.54, 1.807) is 0 Å². The minimum atomic E-state index is 0.0608. The third-order valence-electron chi connectivity index (χ3n) is 4.02. The van der Waals surface area contributed by atoms with Gasteiger partial charge < -0.3 is 15.4 Å². The summed E-state index contributed by atoms with van der Waals surface area (Å²) in [5.74, 6) is 1.19. The van der Waals surface area contributed by atoms with E-state index in [1.807, 2.05) is 66.4 Å². The predicted octanol–water partition coefficient (Wildman–Crippen LogP) is 3.84. The molecule has 0 fully saturated rings. The number of carbonyl (C=O) groups is 1. The monoisotopic (exact) mass is 414 g/mol. The van der Waals surface area contributed by atoms with Gasteiger partial charge in [-0.3, -0.25) is 4.79 Å². The summed E-state index contributed by atoms with van der Waals surface area (Å²) >= 11 is 2.66. The lowest BCUT2D eigenvalue weighted by atomic mass is 10.2. The molecular formula is C20H22N4O2S2. The maximum Gasteiger partial charge on any atom is 0.233 e. The molecule has 0 aliphatic rings. The highest BCUT2D eigenvalue weighted by atomic mass is 32.2. The van der Waals surface area contributed by atoms with Gasteiger partial charge in [-0.1, -0.05) is 65.6 Å². The SMILES string of the molecule is CCN(Cc1ccc(OCc2ccccc2)cc1)C(=O)CSc1nnc(N)s1. The van der Waals surface area contributed by atoms with Gasteiger partial charge in [0, 0.05) is 13.1 Å². The van der Waals surface area contributed by atoms with Gasteiger partial charge in [0.1, 0.15) is 12.4 Å². The van der Waals surface area contributed by atoms with Crippen molar-refractivity contribution in [2.45, 2.75) is 24.4 Å². The smallest absolute Gasteiger partial charge is 0.233 e. The van der Waals surface area contributed by atoms with E-state index in [4.69, 9.17) is 10.5 Å². The summed E-state index contributed by atoms with van der Waals surface area (Å²) in [6.07, 6.45) is 0. The third kappa shape index (κ3) is 5.97. The fourth-order valence-corrected chi connectivity index (χ4v) is 4.06. The van der Waals surface area contributed by atoms with E-state index in [2.05, 4.69) is 10.2 Å². The van der Waals surface area contributed by atoms with Crippen LogP contribution in [0.4, 0.5) is 5.13 Å². The van der Waals surface area contributed by atoms with Crippen molar-refractivity contribution in [1.29, 1.82) is 0 Å². The third-order valence-corrected chi connectivity index (χ3v) is 5.89. The van der Waals surface area contributed by atoms with Gasteiger partial charge in [0.25, 0.3) is 0 Å². The van der Waals surface area contributed by atoms with Crippen molar-refractivity contribution >= 4 is 34.1 Å². The Balaban J connectivity index is 1.50. The molecule has 0 unspecified atom stereocenters. The molecule has 8 heteroatoms. The van der Waals surface area contributed by atoms with Crippen LogP contribution in [0.3, 0.4) is 0 Å². The molecular weight excluding hydrogens is 392 g/mol. The Morgan fingerprint density at radius 2 is 1.86 bits per heavy atom. The Morgan fingerprint density at radius 3 is 2.50 bits per heavy atom. The van der Waals surface area contributed by atoms with Crippen LogP contribution < -0.4 is 10.5 Å². The second-order valence-electron chi connectivity index (χ2n) is 6.02. The molecule has 0 aliphatic heterocycles. The number of ether oxygens (including phenoxy) is 1. The summed E-state index contributed by atoms with van der Waals surface area (Å²) in [6, 6.07) is 17.9. The Morgan fingerprint density at radius 1 is 1.11 bits per heavy atom. The van der Waals surface area contributed by atoms with E-state index in [-0.39, 0.29) is 5.91 Å². The van der Waals surface area contributed by atoms with Crippen molar-refractivity contribution in [2.75, 3.05) is 18.0 Å². The standard InChI is InChI=1S/C20H22N4O2S2/c1-2-24(18(25)14-27-20-23-22-19(21)28-20)12-15-8-10-17(11-9-15)26-13-16-6-4-3-5-7-16/h3-11H,2,12-14H2,1H3,(H2,21,22). The molecule has 6 nitrogen and oxygen atoms in total. The van der Waals surface area contributed by atoms with Crippen LogP contribution >= 0.6 is 23.1 Å². The molecule has 146 valence electrons. The molecule has 1 heterocycles. The number of hydrogen-bond acceptors (Lipinski definition) is 7. The van der Waals surface area contributed by atoms with Gasteiger partial charge in [-0.05, 0) is 30.2 Å². The van der Waals surface area contributed by atoms with Crippen molar-refractivity contribution in [2.24, 2.45) is 0 Å². The van der Waals surface area contributed by atoms with Gasteiger partial charge in [0.05, 0.1) is 5.75 Å². The molecule has 0 saturated carbocycles. The summed E-state index contributed by atoms with van der Waals surface area (Å²) in [5.41, 5.74) is 7.76. The number of amides is 1. The molecule has 1 amide bonds. The minimum absolute atomic E-state index is 0.0608. The Hall–Kier alpha value is -2.58. The van der Waals surface area contributed by atoms with Crippen LogP contribution in [-0.2, 0) is 17.9 Å². The van der Waals surface area contributed by atoms with E-state index in [9.17, 15) is 4.79 Å². The van der Waals surface area contributed by atoms with E-state index in [1.165, 1.54) is 23.1 Å². The molecule has 3 aromatic rings. The fourth-order valence-electron chi connectivity index (χ4n) is 2.52. The average molecular weight is 415 g/mol. The molecule has 0 aliphatic carbocycles. The first-order valence-corrected chi connectivity index (χ1v) is 10.7. The molecule has 0 radical (unpaired) electrons. The maximum atomic E-state index is 12.5. The molecule has 3 rings (SSSR count). The Labute approximate surface area is 172 Å². The van der Waals surface area contributed by atoms with Crippen molar-refractivity contribution < 1.29 is 9.53 Å². The number of nitrogens with two attached hydrogens (primary N) is 1. The first-order chi connectivity index (χ1) is 13.6. The summed E-state index contributed by atoms with van der Waals surface area (Å²) in [4.78, 5) is 14.3. The largest absolute Gasteiger partial charge is 0.489 e. The first kappa shape index (κ1) is 20.2.